The molecule has 1 aliphatic heterocycles. The Morgan fingerprint density at radius 1 is 1.00 bits per heavy atom. The van der Waals surface area contributed by atoms with E-state index in [2.05, 4.69) is 54.8 Å². The highest BCUT2D eigenvalue weighted by molar-refractivity contribution is 5.63. The Morgan fingerprint density at radius 2 is 1.83 bits per heavy atom. The Bertz CT molecular complexity index is 903. The molecule has 2 aromatic heterocycles. The summed E-state index contributed by atoms with van der Waals surface area (Å²) in [7, 11) is 0. The predicted molar refractivity (Wildman–Crippen MR) is 117 cm³/mol. The van der Waals surface area contributed by atoms with Crippen LogP contribution in [0.4, 0.5) is 17.3 Å². The van der Waals surface area contributed by atoms with Gasteiger partial charge in [0.25, 0.3) is 0 Å². The maximum Gasteiger partial charge on any atom is 0.227 e. The third-order valence-electron chi connectivity index (χ3n) is 5.02. The number of benzene rings is 1. The van der Waals surface area contributed by atoms with Crippen LogP contribution >= 0.6 is 0 Å². The van der Waals surface area contributed by atoms with Crippen molar-refractivity contribution in [2.24, 2.45) is 5.73 Å². The lowest BCUT2D eigenvalue weighted by molar-refractivity contribution is 0.589. The third-order valence-corrected chi connectivity index (χ3v) is 5.02. The predicted octanol–water partition coefficient (Wildman–Crippen LogP) is 2.58. The van der Waals surface area contributed by atoms with Crippen molar-refractivity contribution < 1.29 is 0 Å². The average Bonchev–Trinajstić information content (AvgIpc) is 2.79. The van der Waals surface area contributed by atoms with Gasteiger partial charge in [-0.05, 0) is 61.9 Å². The summed E-state index contributed by atoms with van der Waals surface area (Å²) >= 11 is 0. The second-order valence-corrected chi connectivity index (χ2v) is 7.10. The van der Waals surface area contributed by atoms with Crippen molar-refractivity contribution in [2.75, 3.05) is 42.9 Å². The standard InChI is InChI=1S/C22H27N7/c23-10-1-2-18-4-3-17(16-26-18)21-9-11-25-22(28-21)27-19-5-7-20(8-6-19)29-14-12-24-13-15-29/h3-9,11,16,24H,1-2,10,12-15,23H2,(H,25,27,28). The lowest BCUT2D eigenvalue weighted by Gasteiger charge is -2.29. The molecule has 0 amide bonds. The molecule has 150 valence electrons. The zero-order valence-electron chi connectivity index (χ0n) is 16.5. The molecule has 0 saturated carbocycles. The summed E-state index contributed by atoms with van der Waals surface area (Å²) in [5.41, 5.74) is 10.6. The number of piperazine rings is 1. The fourth-order valence-corrected chi connectivity index (χ4v) is 3.39. The maximum absolute atomic E-state index is 5.57. The fraction of sp³-hybridized carbons (Fsp3) is 0.318. The van der Waals surface area contributed by atoms with Crippen molar-refractivity contribution in [3.8, 4) is 11.3 Å². The second kappa shape index (κ2) is 9.45. The van der Waals surface area contributed by atoms with Gasteiger partial charge in [-0.15, -0.1) is 0 Å². The quantitative estimate of drug-likeness (QED) is 0.572. The van der Waals surface area contributed by atoms with Crippen LogP contribution < -0.4 is 21.3 Å². The minimum absolute atomic E-state index is 0.574. The van der Waals surface area contributed by atoms with Gasteiger partial charge in [-0.1, -0.05) is 0 Å². The summed E-state index contributed by atoms with van der Waals surface area (Å²) < 4.78 is 0. The highest BCUT2D eigenvalue weighted by Gasteiger charge is 2.10. The largest absolute Gasteiger partial charge is 0.369 e. The van der Waals surface area contributed by atoms with Crippen LogP contribution in [-0.2, 0) is 6.42 Å². The van der Waals surface area contributed by atoms with Crippen LogP contribution in [0, 0.1) is 0 Å². The molecule has 4 rings (SSSR count). The van der Waals surface area contributed by atoms with Gasteiger partial charge < -0.3 is 21.3 Å². The van der Waals surface area contributed by atoms with Crippen molar-refractivity contribution in [3.05, 3.63) is 60.6 Å². The first kappa shape index (κ1) is 19.3. The van der Waals surface area contributed by atoms with Crippen molar-refractivity contribution in [2.45, 2.75) is 12.8 Å². The normalized spacial score (nSPS) is 14.0. The molecule has 1 aromatic carbocycles. The van der Waals surface area contributed by atoms with E-state index in [1.165, 1.54) is 5.69 Å². The van der Waals surface area contributed by atoms with E-state index in [9.17, 15) is 0 Å². The Hall–Kier alpha value is -3.03. The molecule has 1 saturated heterocycles. The smallest absolute Gasteiger partial charge is 0.227 e. The van der Waals surface area contributed by atoms with Gasteiger partial charge in [0.05, 0.1) is 5.69 Å². The van der Waals surface area contributed by atoms with Crippen LogP contribution in [0.15, 0.2) is 54.9 Å². The highest BCUT2D eigenvalue weighted by atomic mass is 15.2. The van der Waals surface area contributed by atoms with Gasteiger partial charge in [-0.3, -0.25) is 4.98 Å². The number of pyridine rings is 1. The number of nitrogens with zero attached hydrogens (tertiary/aromatic N) is 4. The molecule has 3 heterocycles. The van der Waals surface area contributed by atoms with Crippen LogP contribution in [0.25, 0.3) is 11.3 Å². The molecule has 29 heavy (non-hydrogen) atoms. The molecule has 0 unspecified atom stereocenters. The maximum atomic E-state index is 5.57. The summed E-state index contributed by atoms with van der Waals surface area (Å²) in [5, 5.41) is 6.68. The van der Waals surface area contributed by atoms with E-state index < -0.39 is 0 Å². The average molecular weight is 390 g/mol. The van der Waals surface area contributed by atoms with Gasteiger partial charge in [-0.25, -0.2) is 9.97 Å². The van der Waals surface area contributed by atoms with Gasteiger partial charge in [0.1, 0.15) is 0 Å². The SMILES string of the molecule is NCCCc1ccc(-c2ccnc(Nc3ccc(N4CCNCC4)cc3)n2)cn1. The zero-order valence-corrected chi connectivity index (χ0v) is 16.5. The van der Waals surface area contributed by atoms with Gasteiger partial charge in [-0.2, -0.15) is 0 Å². The van der Waals surface area contributed by atoms with Gasteiger partial charge in [0, 0.05) is 61.2 Å². The lowest BCUT2D eigenvalue weighted by atomic mass is 10.1. The number of rotatable bonds is 7. The number of anilines is 3. The molecule has 0 bridgehead atoms. The molecular formula is C22H27N7. The Morgan fingerprint density at radius 3 is 2.55 bits per heavy atom. The molecule has 0 spiro atoms. The van der Waals surface area contributed by atoms with E-state index in [4.69, 9.17) is 5.73 Å². The monoisotopic (exact) mass is 389 g/mol. The van der Waals surface area contributed by atoms with E-state index in [0.29, 0.717) is 12.5 Å². The fourth-order valence-electron chi connectivity index (χ4n) is 3.39. The van der Waals surface area contributed by atoms with Crippen LogP contribution in [0.5, 0.6) is 0 Å². The summed E-state index contributed by atoms with van der Waals surface area (Å²) in [4.78, 5) is 15.9. The van der Waals surface area contributed by atoms with Crippen molar-refractivity contribution in [1.29, 1.82) is 0 Å². The number of nitrogens with one attached hydrogen (secondary N) is 2. The van der Waals surface area contributed by atoms with E-state index >= 15 is 0 Å². The molecule has 4 N–H and O–H groups in total. The van der Waals surface area contributed by atoms with Gasteiger partial charge in [0.2, 0.25) is 5.95 Å². The van der Waals surface area contributed by atoms with E-state index in [-0.39, 0.29) is 0 Å². The highest BCUT2D eigenvalue weighted by Crippen LogP contribution is 2.22. The minimum atomic E-state index is 0.574. The minimum Gasteiger partial charge on any atom is -0.369 e. The molecular weight excluding hydrogens is 362 g/mol. The van der Waals surface area contributed by atoms with Crippen molar-refractivity contribution in [1.82, 2.24) is 20.3 Å². The lowest BCUT2D eigenvalue weighted by Crippen LogP contribution is -2.43. The molecule has 0 radical (unpaired) electrons. The third kappa shape index (κ3) is 5.07. The topological polar surface area (TPSA) is 92.0 Å². The van der Waals surface area contributed by atoms with Crippen LogP contribution in [0.1, 0.15) is 12.1 Å². The molecule has 3 aromatic rings. The first-order valence-electron chi connectivity index (χ1n) is 10.1. The van der Waals surface area contributed by atoms with Gasteiger partial charge in [0.15, 0.2) is 0 Å². The van der Waals surface area contributed by atoms with Crippen LogP contribution in [-0.4, -0.2) is 47.7 Å². The molecule has 0 aliphatic carbocycles. The van der Waals surface area contributed by atoms with Crippen molar-refractivity contribution >= 4 is 17.3 Å². The number of hydrogen-bond donors (Lipinski definition) is 3. The molecule has 1 aliphatic rings. The summed E-state index contributed by atoms with van der Waals surface area (Å²) in [5.74, 6) is 0.574. The summed E-state index contributed by atoms with van der Waals surface area (Å²) in [6.07, 6.45) is 5.47. The summed E-state index contributed by atoms with van der Waals surface area (Å²) in [6, 6.07) is 14.4. The first-order valence-corrected chi connectivity index (χ1v) is 10.1. The molecule has 7 nitrogen and oxygen atoms in total. The van der Waals surface area contributed by atoms with Crippen LogP contribution in [0.2, 0.25) is 0 Å². The summed E-state index contributed by atoms with van der Waals surface area (Å²) in [6.45, 7) is 4.82. The number of aryl methyl sites for hydroxylation is 1. The van der Waals surface area contributed by atoms with E-state index in [1.54, 1.807) is 6.20 Å². The second-order valence-electron chi connectivity index (χ2n) is 7.10. The first-order chi connectivity index (χ1) is 14.3. The Balaban J connectivity index is 1.43. The van der Waals surface area contributed by atoms with E-state index in [1.807, 2.05) is 24.4 Å². The Kier molecular flexibility index (Phi) is 6.29. The molecule has 0 atom stereocenters. The molecule has 7 heteroatoms. The van der Waals surface area contributed by atoms with E-state index in [0.717, 1.165) is 61.7 Å². The molecule has 1 fully saturated rings. The van der Waals surface area contributed by atoms with Crippen molar-refractivity contribution in [3.63, 3.8) is 0 Å². The van der Waals surface area contributed by atoms with Crippen LogP contribution in [0.3, 0.4) is 0 Å². The number of aromatic nitrogens is 3. The number of nitrogens with two attached hydrogens (primary N) is 1. The Labute approximate surface area is 171 Å². The zero-order chi connectivity index (χ0) is 19.9. The number of hydrogen-bond acceptors (Lipinski definition) is 7. The van der Waals surface area contributed by atoms with Gasteiger partial charge >= 0.3 is 0 Å².